The maximum atomic E-state index is 13.7. The van der Waals surface area contributed by atoms with Crippen LogP contribution in [-0.4, -0.2) is 28.5 Å². The fourth-order valence-corrected chi connectivity index (χ4v) is 3.63. The summed E-state index contributed by atoms with van der Waals surface area (Å²) >= 11 is 0. The zero-order chi connectivity index (χ0) is 25.5. The molecule has 0 saturated carbocycles. The third kappa shape index (κ3) is 4.72. The first-order valence-electron chi connectivity index (χ1n) is 10.4. The number of ether oxygens (including phenoxy) is 1. The highest BCUT2D eigenvalue weighted by Gasteiger charge is 2.41. The monoisotopic (exact) mass is 489 g/mol. The molecule has 1 aliphatic heterocycles. The molecule has 1 saturated heterocycles. The summed E-state index contributed by atoms with van der Waals surface area (Å²) in [5.74, 6) is -1.71. The van der Waals surface area contributed by atoms with Gasteiger partial charge in [0.05, 0.1) is 11.3 Å². The predicted octanol–water partition coefficient (Wildman–Crippen LogP) is 5.11. The lowest BCUT2D eigenvalue weighted by Gasteiger charge is -2.22. The number of alkyl halides is 3. The Kier molecular flexibility index (Phi) is 6.05. The molecule has 2 heterocycles. The lowest BCUT2D eigenvalue weighted by Crippen LogP contribution is -2.34. The van der Waals surface area contributed by atoms with Gasteiger partial charge in [-0.15, -0.1) is 0 Å². The van der Waals surface area contributed by atoms with E-state index in [9.17, 15) is 27.2 Å². The zero-order valence-corrected chi connectivity index (χ0v) is 18.5. The molecule has 2 N–H and O–H groups in total. The van der Waals surface area contributed by atoms with Gasteiger partial charge in [-0.2, -0.15) is 18.2 Å². The largest absolute Gasteiger partial charge is 0.439 e. The molecule has 1 fully saturated rings. The van der Waals surface area contributed by atoms with E-state index in [-0.39, 0.29) is 29.1 Å². The van der Waals surface area contributed by atoms with E-state index < -0.39 is 36.0 Å². The standard InChI is InChI=1S/C23H19F4N5O3/c1-12(2)15-10-14(35-19-7-8-29-21(28)30-19)4-6-18(15)32-20(33)11-31(22(32)34)13-3-5-17(24)16(9-13)23(25,26)27/h3-10,12H,11H2,1-2H3,(H2,28,29,30). The first-order chi connectivity index (χ1) is 16.5. The van der Waals surface area contributed by atoms with Crippen LogP contribution in [0.15, 0.2) is 48.7 Å². The predicted molar refractivity (Wildman–Crippen MR) is 119 cm³/mol. The van der Waals surface area contributed by atoms with E-state index in [2.05, 4.69) is 9.97 Å². The minimum Gasteiger partial charge on any atom is -0.439 e. The van der Waals surface area contributed by atoms with E-state index in [4.69, 9.17) is 10.5 Å². The molecule has 0 atom stereocenters. The van der Waals surface area contributed by atoms with Crippen molar-refractivity contribution in [3.8, 4) is 11.6 Å². The molecule has 1 aromatic heterocycles. The summed E-state index contributed by atoms with van der Waals surface area (Å²) in [6.07, 6.45) is -3.53. The van der Waals surface area contributed by atoms with E-state index in [0.717, 1.165) is 15.9 Å². The summed E-state index contributed by atoms with van der Waals surface area (Å²) < 4.78 is 58.8. The first kappa shape index (κ1) is 23.9. The van der Waals surface area contributed by atoms with Crippen LogP contribution >= 0.6 is 0 Å². The highest BCUT2D eigenvalue weighted by molar-refractivity contribution is 6.27. The topological polar surface area (TPSA) is 102 Å². The van der Waals surface area contributed by atoms with Gasteiger partial charge in [-0.3, -0.25) is 9.69 Å². The van der Waals surface area contributed by atoms with Gasteiger partial charge in [-0.1, -0.05) is 13.8 Å². The molecule has 0 radical (unpaired) electrons. The number of halogens is 4. The molecule has 0 aliphatic carbocycles. The molecule has 3 aromatic rings. The van der Waals surface area contributed by atoms with E-state index in [1.165, 1.54) is 24.4 Å². The number of imide groups is 1. The van der Waals surface area contributed by atoms with Crippen LogP contribution in [-0.2, 0) is 11.0 Å². The SMILES string of the molecule is CC(C)c1cc(Oc2ccnc(N)n2)ccc1N1C(=O)CN(c2ccc(F)c(C(F)(F)F)c2)C1=O. The Bertz CT molecular complexity index is 1310. The van der Waals surface area contributed by atoms with Gasteiger partial charge in [0.25, 0.3) is 5.91 Å². The highest BCUT2D eigenvalue weighted by atomic mass is 19.4. The van der Waals surface area contributed by atoms with Crippen molar-refractivity contribution in [3.05, 3.63) is 65.6 Å². The molecule has 35 heavy (non-hydrogen) atoms. The van der Waals surface area contributed by atoms with Gasteiger partial charge in [-0.25, -0.2) is 19.1 Å². The zero-order valence-electron chi connectivity index (χ0n) is 18.5. The maximum Gasteiger partial charge on any atom is 0.419 e. The second kappa shape index (κ2) is 8.85. The van der Waals surface area contributed by atoms with E-state index >= 15 is 0 Å². The van der Waals surface area contributed by atoms with Crippen molar-refractivity contribution in [3.63, 3.8) is 0 Å². The minimum absolute atomic E-state index is 0.0195. The highest BCUT2D eigenvalue weighted by Crippen LogP contribution is 2.38. The number of nitrogens with zero attached hydrogens (tertiary/aromatic N) is 4. The van der Waals surface area contributed by atoms with Crippen molar-refractivity contribution in [2.75, 3.05) is 22.1 Å². The Balaban J connectivity index is 1.67. The number of hydrogen-bond acceptors (Lipinski definition) is 6. The molecule has 0 bridgehead atoms. The van der Waals surface area contributed by atoms with Crippen molar-refractivity contribution in [1.29, 1.82) is 0 Å². The molecular weight excluding hydrogens is 470 g/mol. The lowest BCUT2D eigenvalue weighted by molar-refractivity contribution is -0.139. The van der Waals surface area contributed by atoms with Crippen molar-refractivity contribution < 1.29 is 31.9 Å². The molecule has 12 heteroatoms. The fourth-order valence-electron chi connectivity index (χ4n) is 3.63. The Morgan fingerprint density at radius 2 is 1.83 bits per heavy atom. The Labute approximate surface area is 196 Å². The second-order valence-electron chi connectivity index (χ2n) is 7.99. The van der Waals surface area contributed by atoms with Crippen molar-refractivity contribution in [2.24, 2.45) is 0 Å². The van der Waals surface area contributed by atoms with Gasteiger partial charge in [0.1, 0.15) is 18.1 Å². The number of nitrogen functional groups attached to an aromatic ring is 1. The molecule has 4 rings (SSSR count). The van der Waals surface area contributed by atoms with Gasteiger partial charge in [0.15, 0.2) is 0 Å². The molecule has 0 spiro atoms. The van der Waals surface area contributed by atoms with Crippen LogP contribution < -0.4 is 20.3 Å². The normalized spacial score (nSPS) is 14.3. The molecule has 182 valence electrons. The van der Waals surface area contributed by atoms with Crippen LogP contribution in [0, 0.1) is 5.82 Å². The molecule has 2 aromatic carbocycles. The third-order valence-electron chi connectivity index (χ3n) is 5.26. The smallest absolute Gasteiger partial charge is 0.419 e. The van der Waals surface area contributed by atoms with Crippen molar-refractivity contribution in [1.82, 2.24) is 9.97 Å². The summed E-state index contributed by atoms with van der Waals surface area (Å²) in [5.41, 5.74) is 4.62. The van der Waals surface area contributed by atoms with E-state index in [0.29, 0.717) is 23.4 Å². The average Bonchev–Trinajstić information content (AvgIpc) is 3.07. The average molecular weight is 489 g/mol. The molecule has 1 aliphatic rings. The number of anilines is 3. The van der Waals surface area contributed by atoms with Crippen molar-refractivity contribution >= 4 is 29.3 Å². The summed E-state index contributed by atoms with van der Waals surface area (Å²) in [4.78, 5) is 35.4. The van der Waals surface area contributed by atoms with Crippen LogP contribution in [0.4, 0.5) is 39.7 Å². The number of hydrogen-bond donors (Lipinski definition) is 1. The Hall–Kier alpha value is -4.22. The van der Waals surface area contributed by atoms with E-state index in [1.807, 2.05) is 13.8 Å². The lowest BCUT2D eigenvalue weighted by atomic mass is 10.00. The van der Waals surface area contributed by atoms with Gasteiger partial charge >= 0.3 is 12.2 Å². The summed E-state index contributed by atoms with van der Waals surface area (Å²) in [7, 11) is 0. The molecule has 8 nitrogen and oxygen atoms in total. The summed E-state index contributed by atoms with van der Waals surface area (Å²) in [6.45, 7) is 3.17. The number of nitrogens with two attached hydrogens (primary N) is 1. The number of aromatic nitrogens is 2. The van der Waals surface area contributed by atoms with Crippen LogP contribution in [0.25, 0.3) is 0 Å². The summed E-state index contributed by atoms with van der Waals surface area (Å²) in [5, 5.41) is 0. The van der Waals surface area contributed by atoms with Gasteiger partial charge in [0, 0.05) is 18.0 Å². The number of carbonyl (C=O) groups is 2. The third-order valence-corrected chi connectivity index (χ3v) is 5.26. The second-order valence-corrected chi connectivity index (χ2v) is 7.99. The molecule has 0 unspecified atom stereocenters. The number of urea groups is 1. The van der Waals surface area contributed by atoms with E-state index in [1.54, 1.807) is 6.07 Å². The maximum absolute atomic E-state index is 13.7. The van der Waals surface area contributed by atoms with Crippen LogP contribution in [0.5, 0.6) is 11.6 Å². The van der Waals surface area contributed by atoms with Gasteiger partial charge in [0.2, 0.25) is 11.8 Å². The van der Waals surface area contributed by atoms with Crippen molar-refractivity contribution in [2.45, 2.75) is 25.9 Å². The fraction of sp³-hybridized carbons (Fsp3) is 0.217. The summed E-state index contributed by atoms with van der Waals surface area (Å²) in [6, 6.07) is 7.44. The quantitative estimate of drug-likeness (QED) is 0.395. The van der Waals surface area contributed by atoms with Crippen LogP contribution in [0.1, 0.15) is 30.9 Å². The van der Waals surface area contributed by atoms with Gasteiger partial charge in [-0.05, 0) is 47.9 Å². The number of benzene rings is 2. The number of rotatable bonds is 5. The number of carbonyl (C=O) groups excluding carboxylic acids is 2. The Morgan fingerprint density at radius 3 is 2.49 bits per heavy atom. The molecule has 3 amide bonds. The Morgan fingerprint density at radius 1 is 1.09 bits per heavy atom. The minimum atomic E-state index is -4.96. The van der Waals surface area contributed by atoms with Crippen LogP contribution in [0.3, 0.4) is 0 Å². The molecular formula is C23H19F4N5O3. The van der Waals surface area contributed by atoms with Gasteiger partial charge < -0.3 is 10.5 Å². The number of amides is 3. The van der Waals surface area contributed by atoms with Crippen LogP contribution in [0.2, 0.25) is 0 Å². The first-order valence-corrected chi connectivity index (χ1v) is 10.4.